The van der Waals surface area contributed by atoms with E-state index in [9.17, 15) is 0 Å². The average Bonchev–Trinajstić information content (AvgIpc) is 2.93. The summed E-state index contributed by atoms with van der Waals surface area (Å²) in [6.45, 7) is 5.36. The highest BCUT2D eigenvalue weighted by Crippen LogP contribution is 2.21. The molecule has 1 unspecified atom stereocenters. The SMILES string of the molecule is CCC1CN(C(=NC)NCc2ccsc2)CCS1.I. The first kappa shape index (κ1) is 17.1. The van der Waals surface area contributed by atoms with Gasteiger partial charge in [-0.1, -0.05) is 6.92 Å². The molecule has 0 amide bonds. The number of guanidine groups is 1. The van der Waals surface area contributed by atoms with E-state index in [1.807, 2.05) is 7.05 Å². The summed E-state index contributed by atoms with van der Waals surface area (Å²) in [4.78, 5) is 6.79. The summed E-state index contributed by atoms with van der Waals surface area (Å²) in [7, 11) is 1.87. The van der Waals surface area contributed by atoms with Crippen molar-refractivity contribution in [3.8, 4) is 0 Å². The molecule has 1 fully saturated rings. The fourth-order valence-corrected chi connectivity index (χ4v) is 3.91. The van der Waals surface area contributed by atoms with Gasteiger partial charge in [0.15, 0.2) is 5.96 Å². The summed E-state index contributed by atoms with van der Waals surface area (Å²) >= 11 is 3.83. The van der Waals surface area contributed by atoms with Crippen molar-refractivity contribution in [2.45, 2.75) is 25.1 Å². The van der Waals surface area contributed by atoms with Crippen LogP contribution in [0.4, 0.5) is 0 Å². The predicted molar refractivity (Wildman–Crippen MR) is 98.0 cm³/mol. The van der Waals surface area contributed by atoms with Gasteiger partial charge in [0.25, 0.3) is 0 Å². The van der Waals surface area contributed by atoms with Gasteiger partial charge in [0.2, 0.25) is 0 Å². The molecule has 19 heavy (non-hydrogen) atoms. The van der Waals surface area contributed by atoms with Gasteiger partial charge in [0.1, 0.15) is 0 Å². The molecule has 0 saturated carbocycles. The fourth-order valence-electron chi connectivity index (χ4n) is 2.07. The van der Waals surface area contributed by atoms with Gasteiger partial charge in [-0.2, -0.15) is 23.1 Å². The lowest BCUT2D eigenvalue weighted by atomic mass is 10.3. The van der Waals surface area contributed by atoms with Crippen LogP contribution in [0.3, 0.4) is 0 Å². The van der Waals surface area contributed by atoms with Gasteiger partial charge in [-0.25, -0.2) is 0 Å². The summed E-state index contributed by atoms with van der Waals surface area (Å²) in [5.41, 5.74) is 1.33. The van der Waals surface area contributed by atoms with Crippen molar-refractivity contribution in [3.63, 3.8) is 0 Å². The summed E-state index contributed by atoms with van der Waals surface area (Å²) in [6.07, 6.45) is 1.24. The smallest absolute Gasteiger partial charge is 0.193 e. The first-order chi connectivity index (χ1) is 8.83. The number of aliphatic imine (C=N–C) groups is 1. The molecule has 6 heteroatoms. The maximum absolute atomic E-state index is 4.41. The maximum atomic E-state index is 4.41. The van der Waals surface area contributed by atoms with Crippen molar-refractivity contribution in [3.05, 3.63) is 22.4 Å². The van der Waals surface area contributed by atoms with Crippen molar-refractivity contribution in [1.82, 2.24) is 10.2 Å². The van der Waals surface area contributed by atoms with Crippen LogP contribution in [0, 0.1) is 0 Å². The zero-order valence-corrected chi connectivity index (χ0v) is 15.4. The Kier molecular flexibility index (Phi) is 8.17. The molecular weight excluding hydrogens is 389 g/mol. The lowest BCUT2D eigenvalue weighted by Gasteiger charge is -2.34. The van der Waals surface area contributed by atoms with Crippen LogP contribution in [0.25, 0.3) is 0 Å². The minimum absolute atomic E-state index is 0. The predicted octanol–water partition coefficient (Wildman–Crippen LogP) is 3.27. The third-order valence-corrected chi connectivity index (χ3v) is 5.24. The average molecular weight is 411 g/mol. The van der Waals surface area contributed by atoms with Gasteiger partial charge in [0.05, 0.1) is 0 Å². The third kappa shape index (κ3) is 5.15. The van der Waals surface area contributed by atoms with Crippen LogP contribution in [0.1, 0.15) is 18.9 Å². The highest BCUT2D eigenvalue weighted by Gasteiger charge is 2.21. The van der Waals surface area contributed by atoms with Crippen molar-refractivity contribution >= 4 is 53.0 Å². The molecule has 2 heterocycles. The second-order valence-corrected chi connectivity index (χ2v) is 6.57. The maximum Gasteiger partial charge on any atom is 0.193 e. The van der Waals surface area contributed by atoms with Gasteiger partial charge >= 0.3 is 0 Å². The van der Waals surface area contributed by atoms with Crippen molar-refractivity contribution in [2.24, 2.45) is 4.99 Å². The van der Waals surface area contributed by atoms with Crippen molar-refractivity contribution in [2.75, 3.05) is 25.9 Å². The minimum atomic E-state index is 0. The monoisotopic (exact) mass is 411 g/mol. The van der Waals surface area contributed by atoms with Gasteiger partial charge in [0, 0.05) is 37.7 Å². The topological polar surface area (TPSA) is 27.6 Å². The van der Waals surface area contributed by atoms with Crippen LogP contribution in [0.15, 0.2) is 21.8 Å². The number of thiophene rings is 1. The first-order valence-corrected chi connectivity index (χ1v) is 8.41. The highest BCUT2D eigenvalue weighted by molar-refractivity contribution is 14.0. The van der Waals surface area contributed by atoms with Crippen LogP contribution in [0.5, 0.6) is 0 Å². The Morgan fingerprint density at radius 2 is 2.42 bits per heavy atom. The Morgan fingerprint density at radius 3 is 3.05 bits per heavy atom. The van der Waals surface area contributed by atoms with Crippen LogP contribution in [0.2, 0.25) is 0 Å². The molecule has 1 aromatic rings. The Bertz CT molecular complexity index is 381. The third-order valence-electron chi connectivity index (χ3n) is 3.14. The molecule has 1 atom stereocenters. The van der Waals surface area contributed by atoms with Crippen molar-refractivity contribution < 1.29 is 0 Å². The molecule has 3 nitrogen and oxygen atoms in total. The number of nitrogens with zero attached hydrogens (tertiary/aromatic N) is 2. The van der Waals surface area contributed by atoms with Gasteiger partial charge in [-0.3, -0.25) is 4.99 Å². The summed E-state index contributed by atoms with van der Waals surface area (Å²) < 4.78 is 0. The number of hydrogen-bond acceptors (Lipinski definition) is 3. The van der Waals surface area contributed by atoms with E-state index in [4.69, 9.17) is 0 Å². The van der Waals surface area contributed by atoms with E-state index < -0.39 is 0 Å². The zero-order valence-electron chi connectivity index (χ0n) is 11.5. The zero-order chi connectivity index (χ0) is 12.8. The van der Waals surface area contributed by atoms with Crippen LogP contribution >= 0.6 is 47.1 Å². The van der Waals surface area contributed by atoms with Gasteiger partial charge in [-0.05, 0) is 28.8 Å². The number of nitrogens with one attached hydrogen (secondary N) is 1. The fraction of sp³-hybridized carbons (Fsp3) is 0.615. The Labute approximate surface area is 141 Å². The van der Waals surface area contributed by atoms with Crippen LogP contribution in [-0.4, -0.2) is 42.0 Å². The summed E-state index contributed by atoms with van der Waals surface area (Å²) in [6, 6.07) is 2.16. The van der Waals surface area contributed by atoms with Crippen molar-refractivity contribution in [1.29, 1.82) is 0 Å². The molecule has 0 aliphatic carbocycles. The van der Waals surface area contributed by atoms with E-state index in [-0.39, 0.29) is 24.0 Å². The lowest BCUT2D eigenvalue weighted by molar-refractivity contribution is 0.408. The molecule has 1 aliphatic rings. The highest BCUT2D eigenvalue weighted by atomic mass is 127. The molecule has 108 valence electrons. The Balaban J connectivity index is 0.00000180. The molecule has 0 radical (unpaired) electrons. The molecule has 1 saturated heterocycles. The number of hydrogen-bond donors (Lipinski definition) is 1. The second kappa shape index (κ2) is 9.07. The van der Waals surface area contributed by atoms with E-state index in [2.05, 4.69) is 50.7 Å². The molecule has 2 rings (SSSR count). The second-order valence-electron chi connectivity index (χ2n) is 4.38. The van der Waals surface area contributed by atoms with Gasteiger partial charge in [-0.15, -0.1) is 24.0 Å². The largest absolute Gasteiger partial charge is 0.352 e. The standard InChI is InChI=1S/C13H21N3S2.HI/c1-3-12-9-16(5-7-18-12)13(14-2)15-8-11-4-6-17-10-11;/h4,6,10,12H,3,5,7-9H2,1-2H3,(H,14,15);1H. The number of rotatable bonds is 3. The quantitative estimate of drug-likeness (QED) is 0.470. The van der Waals surface area contributed by atoms with Crippen LogP contribution in [-0.2, 0) is 6.54 Å². The molecule has 0 bridgehead atoms. The Morgan fingerprint density at radius 1 is 1.58 bits per heavy atom. The molecule has 0 spiro atoms. The van der Waals surface area contributed by atoms with Gasteiger partial charge < -0.3 is 10.2 Å². The van der Waals surface area contributed by atoms with E-state index in [0.29, 0.717) is 0 Å². The first-order valence-electron chi connectivity index (χ1n) is 6.41. The normalized spacial score (nSPS) is 20.0. The van der Waals surface area contributed by atoms with E-state index >= 15 is 0 Å². The molecule has 1 aromatic heterocycles. The number of thioether (sulfide) groups is 1. The molecule has 1 aliphatic heterocycles. The summed E-state index contributed by atoms with van der Waals surface area (Å²) in [5, 5.41) is 8.51. The lowest BCUT2D eigenvalue weighted by Crippen LogP contribution is -2.47. The van der Waals surface area contributed by atoms with E-state index in [0.717, 1.165) is 30.8 Å². The van der Waals surface area contributed by atoms with E-state index in [1.54, 1.807) is 11.3 Å². The number of halogens is 1. The molecule has 1 N–H and O–H groups in total. The molecule has 0 aromatic carbocycles. The van der Waals surface area contributed by atoms with E-state index in [1.165, 1.54) is 17.7 Å². The molecular formula is C13H22IN3S2. The summed E-state index contributed by atoms with van der Waals surface area (Å²) in [5.74, 6) is 2.25. The van der Waals surface area contributed by atoms with Crippen LogP contribution < -0.4 is 5.32 Å². The minimum Gasteiger partial charge on any atom is -0.352 e. The Hall–Kier alpha value is 0.0500.